The van der Waals surface area contributed by atoms with Gasteiger partial charge in [0.05, 0.1) is 0 Å². The van der Waals surface area contributed by atoms with E-state index in [9.17, 15) is 0 Å². The first kappa shape index (κ1) is 10.6. The molecule has 11 heavy (non-hydrogen) atoms. The highest BCUT2D eigenvalue weighted by Gasteiger charge is 1.92. The van der Waals surface area contributed by atoms with E-state index in [0.717, 1.165) is 6.54 Å². The minimum absolute atomic E-state index is 0.593. The Kier molecular flexibility index (Phi) is 7.46. The molecule has 3 nitrogen and oxygen atoms in total. The lowest BCUT2D eigenvalue weighted by Gasteiger charge is -2.08. The molecule has 0 heterocycles. The summed E-state index contributed by atoms with van der Waals surface area (Å²) in [5.74, 6) is 0. The van der Waals surface area contributed by atoms with Gasteiger partial charge in [-0.3, -0.25) is 5.32 Å². The fourth-order valence-electron chi connectivity index (χ4n) is 0.650. The highest BCUT2D eigenvalue weighted by Crippen LogP contribution is 1.81. The summed E-state index contributed by atoms with van der Waals surface area (Å²) in [4.78, 5) is 0. The van der Waals surface area contributed by atoms with Crippen LogP contribution in [0.1, 0.15) is 19.8 Å². The molecule has 0 rings (SSSR count). The number of hydrogen-bond donors (Lipinski definition) is 3. The molecule has 0 aliphatic carbocycles. The lowest BCUT2D eigenvalue weighted by molar-refractivity contribution is 0.181. The van der Waals surface area contributed by atoms with Crippen molar-refractivity contribution in [1.29, 1.82) is 0 Å². The van der Waals surface area contributed by atoms with Crippen LogP contribution in [-0.4, -0.2) is 24.5 Å². The summed E-state index contributed by atoms with van der Waals surface area (Å²) < 4.78 is 0. The van der Waals surface area contributed by atoms with Crippen molar-refractivity contribution < 1.29 is 5.11 Å². The molecule has 0 aromatic carbocycles. The van der Waals surface area contributed by atoms with Gasteiger partial charge < -0.3 is 10.4 Å². The fraction of sp³-hybridized carbons (Fsp3) is 0.750. The van der Waals surface area contributed by atoms with Crippen LogP contribution in [0.25, 0.3) is 0 Å². The number of unbranched alkanes of at least 4 members (excludes halogenated alkanes) is 1. The van der Waals surface area contributed by atoms with Crippen LogP contribution in [0.15, 0.2) is 12.7 Å². The number of nitrogens with one attached hydrogen (secondary N) is 2. The Morgan fingerprint density at radius 2 is 2.36 bits per heavy atom. The third kappa shape index (κ3) is 7.52. The molecule has 0 amide bonds. The molecule has 1 atom stereocenters. The number of aliphatic hydroxyl groups is 1. The topological polar surface area (TPSA) is 44.3 Å². The predicted octanol–water partition coefficient (Wildman–Crippen LogP) is 0.428. The molecular formula is C8H18N2O. The Balaban J connectivity index is 2.95. The third-order valence-corrected chi connectivity index (χ3v) is 1.37. The van der Waals surface area contributed by atoms with E-state index in [-0.39, 0.29) is 0 Å². The van der Waals surface area contributed by atoms with Crippen molar-refractivity contribution >= 4 is 0 Å². The zero-order valence-corrected chi connectivity index (χ0v) is 7.14. The van der Waals surface area contributed by atoms with Crippen LogP contribution in [0.3, 0.4) is 0 Å². The summed E-state index contributed by atoms with van der Waals surface area (Å²) in [6, 6.07) is 0. The molecule has 3 heteroatoms. The molecule has 3 N–H and O–H groups in total. The van der Waals surface area contributed by atoms with Crippen molar-refractivity contribution in [3.05, 3.63) is 12.7 Å². The maximum absolute atomic E-state index is 8.95. The second kappa shape index (κ2) is 7.72. The summed E-state index contributed by atoms with van der Waals surface area (Å²) in [5.41, 5.74) is 0. The molecule has 0 aromatic rings. The van der Waals surface area contributed by atoms with Gasteiger partial charge in [-0.1, -0.05) is 19.9 Å². The average Bonchev–Trinajstić information content (AvgIpc) is 2.04. The molecule has 0 saturated heterocycles. The molecule has 0 aliphatic rings. The minimum atomic E-state index is -0.593. The normalized spacial score (nSPS) is 12.9. The van der Waals surface area contributed by atoms with Crippen LogP contribution in [-0.2, 0) is 0 Å². The first-order valence-electron chi connectivity index (χ1n) is 4.06. The monoisotopic (exact) mass is 158 g/mol. The van der Waals surface area contributed by atoms with E-state index in [0.29, 0.717) is 6.67 Å². The van der Waals surface area contributed by atoms with Crippen LogP contribution in [0.4, 0.5) is 0 Å². The number of rotatable bonds is 7. The van der Waals surface area contributed by atoms with Gasteiger partial charge in [0.25, 0.3) is 0 Å². The van der Waals surface area contributed by atoms with Crippen molar-refractivity contribution in [2.45, 2.75) is 26.0 Å². The number of aliphatic hydroxyl groups excluding tert-OH is 1. The molecule has 0 aromatic heterocycles. The molecule has 66 valence electrons. The Labute approximate surface area is 68.5 Å². The first-order chi connectivity index (χ1) is 5.31. The quantitative estimate of drug-likeness (QED) is 0.286. The van der Waals surface area contributed by atoms with Crippen LogP contribution in [0, 0.1) is 0 Å². The van der Waals surface area contributed by atoms with Crippen LogP contribution < -0.4 is 10.6 Å². The summed E-state index contributed by atoms with van der Waals surface area (Å²) in [6.45, 7) is 7.21. The first-order valence-corrected chi connectivity index (χ1v) is 4.06. The molecule has 1 unspecified atom stereocenters. The summed E-state index contributed by atoms with van der Waals surface area (Å²) in [6.07, 6.45) is 3.23. The maximum Gasteiger partial charge on any atom is 0.124 e. The lowest BCUT2D eigenvalue weighted by atomic mass is 10.3. The Hall–Kier alpha value is -0.380. The lowest BCUT2D eigenvalue weighted by Crippen LogP contribution is -2.36. The van der Waals surface area contributed by atoms with Crippen LogP contribution in [0.5, 0.6) is 0 Å². The van der Waals surface area contributed by atoms with Gasteiger partial charge >= 0.3 is 0 Å². The van der Waals surface area contributed by atoms with E-state index >= 15 is 0 Å². The van der Waals surface area contributed by atoms with E-state index in [4.69, 9.17) is 5.11 Å². The van der Waals surface area contributed by atoms with E-state index in [1.165, 1.54) is 18.9 Å². The average molecular weight is 158 g/mol. The highest BCUT2D eigenvalue weighted by molar-refractivity contribution is 4.74. The van der Waals surface area contributed by atoms with Gasteiger partial charge in [0.15, 0.2) is 0 Å². The second-order valence-corrected chi connectivity index (χ2v) is 2.41. The SMILES string of the molecule is C=CC(O)NCNCCCC. The van der Waals surface area contributed by atoms with E-state index in [1.54, 1.807) is 0 Å². The highest BCUT2D eigenvalue weighted by atomic mass is 16.3. The van der Waals surface area contributed by atoms with Gasteiger partial charge in [-0.15, -0.1) is 0 Å². The number of hydrogen-bond acceptors (Lipinski definition) is 3. The van der Waals surface area contributed by atoms with Crippen molar-refractivity contribution in [2.24, 2.45) is 0 Å². The van der Waals surface area contributed by atoms with Crippen molar-refractivity contribution in [3.8, 4) is 0 Å². The van der Waals surface area contributed by atoms with E-state index in [2.05, 4.69) is 24.1 Å². The van der Waals surface area contributed by atoms with Gasteiger partial charge in [-0.25, -0.2) is 0 Å². The summed E-state index contributed by atoms with van der Waals surface area (Å²) >= 11 is 0. The van der Waals surface area contributed by atoms with Gasteiger partial charge in [0.2, 0.25) is 0 Å². The summed E-state index contributed by atoms with van der Waals surface area (Å²) in [7, 11) is 0. The van der Waals surface area contributed by atoms with Crippen LogP contribution >= 0.6 is 0 Å². The Morgan fingerprint density at radius 3 is 2.91 bits per heavy atom. The van der Waals surface area contributed by atoms with Gasteiger partial charge in [0, 0.05) is 6.67 Å². The summed E-state index contributed by atoms with van der Waals surface area (Å²) in [5, 5.41) is 14.9. The van der Waals surface area contributed by atoms with Gasteiger partial charge in [-0.2, -0.15) is 0 Å². The maximum atomic E-state index is 8.95. The molecule has 0 spiro atoms. The zero-order chi connectivity index (χ0) is 8.53. The standard InChI is InChI=1S/C8H18N2O/c1-3-5-6-9-7-10-8(11)4-2/h4,8-11H,2-3,5-7H2,1H3. The van der Waals surface area contributed by atoms with Gasteiger partial charge in [0.1, 0.15) is 6.23 Å². The second-order valence-electron chi connectivity index (χ2n) is 2.41. The third-order valence-electron chi connectivity index (χ3n) is 1.37. The van der Waals surface area contributed by atoms with E-state index in [1.807, 2.05) is 0 Å². The molecule has 0 aliphatic heterocycles. The molecule has 0 fully saturated rings. The minimum Gasteiger partial charge on any atom is -0.375 e. The van der Waals surface area contributed by atoms with Crippen molar-refractivity contribution in [2.75, 3.05) is 13.2 Å². The van der Waals surface area contributed by atoms with Crippen molar-refractivity contribution in [1.82, 2.24) is 10.6 Å². The predicted molar refractivity (Wildman–Crippen MR) is 47.1 cm³/mol. The molecule has 0 bridgehead atoms. The smallest absolute Gasteiger partial charge is 0.124 e. The Bertz CT molecular complexity index is 96.1. The zero-order valence-electron chi connectivity index (χ0n) is 7.14. The largest absolute Gasteiger partial charge is 0.375 e. The molecule has 0 radical (unpaired) electrons. The van der Waals surface area contributed by atoms with Crippen LogP contribution in [0.2, 0.25) is 0 Å². The fourth-order valence-corrected chi connectivity index (χ4v) is 0.650. The molecular weight excluding hydrogens is 140 g/mol. The molecule has 0 saturated carbocycles. The van der Waals surface area contributed by atoms with Gasteiger partial charge in [-0.05, 0) is 19.0 Å². The van der Waals surface area contributed by atoms with E-state index < -0.39 is 6.23 Å². The van der Waals surface area contributed by atoms with Crippen molar-refractivity contribution in [3.63, 3.8) is 0 Å². The Morgan fingerprint density at radius 1 is 1.64 bits per heavy atom.